The lowest BCUT2D eigenvalue weighted by atomic mass is 10.2. The molecule has 1 fully saturated rings. The number of carbonyl (C=O) groups excluding carboxylic acids is 2. The lowest BCUT2D eigenvalue weighted by molar-refractivity contribution is -0.116. The summed E-state index contributed by atoms with van der Waals surface area (Å²) in [4.78, 5) is 29.7. The van der Waals surface area contributed by atoms with Crippen LogP contribution in [0.3, 0.4) is 0 Å². The van der Waals surface area contributed by atoms with Crippen LogP contribution in [-0.4, -0.2) is 57.8 Å². The first-order chi connectivity index (χ1) is 15.2. The Morgan fingerprint density at radius 3 is 2.27 bits per heavy atom. The smallest absolute Gasteiger partial charge is 0.310 e. The van der Waals surface area contributed by atoms with Crippen molar-refractivity contribution in [1.29, 1.82) is 0 Å². The Kier molecular flexibility index (Phi) is 6.36. The second-order valence-corrected chi connectivity index (χ2v) is 10.2. The highest BCUT2D eigenvalue weighted by Crippen LogP contribution is 2.32. The summed E-state index contributed by atoms with van der Waals surface area (Å²) in [5.41, 5.74) is -5.16. The lowest BCUT2D eigenvalue weighted by Gasteiger charge is -2.18. The number of carbonyl (C=O) groups is 2. The quantitative estimate of drug-likeness (QED) is 0.536. The minimum absolute atomic E-state index is 0.0295. The topological polar surface area (TPSA) is 146 Å². The molecule has 1 aromatic carbocycles. The minimum Gasteiger partial charge on any atom is -0.310 e. The number of urea groups is 1. The fourth-order valence-electron chi connectivity index (χ4n) is 2.87. The molecule has 0 bridgehead atoms. The third-order valence-electron chi connectivity index (χ3n) is 4.45. The van der Waals surface area contributed by atoms with Crippen molar-refractivity contribution in [1.82, 2.24) is 14.6 Å². The summed E-state index contributed by atoms with van der Waals surface area (Å²) < 4.78 is 88.4. The fraction of sp³-hybridized carbons (Fsp3) is 0.235. The predicted molar refractivity (Wildman–Crippen MR) is 109 cm³/mol. The number of alkyl halides is 3. The van der Waals surface area contributed by atoms with Gasteiger partial charge in [0.25, 0.3) is 26.0 Å². The number of rotatable bonds is 7. The monoisotopic (exact) mass is 507 g/mol. The number of anilines is 2. The van der Waals surface area contributed by atoms with Crippen LogP contribution in [0.2, 0.25) is 0 Å². The van der Waals surface area contributed by atoms with Crippen molar-refractivity contribution in [3.63, 3.8) is 0 Å². The molecule has 0 aliphatic carbocycles. The summed E-state index contributed by atoms with van der Waals surface area (Å²) in [5.74, 6) is -0.713. The van der Waals surface area contributed by atoms with E-state index in [1.54, 1.807) is 0 Å². The summed E-state index contributed by atoms with van der Waals surface area (Å²) in [6.45, 7) is -0.459. The minimum atomic E-state index is -5.57. The van der Waals surface area contributed by atoms with Gasteiger partial charge in [-0.1, -0.05) is 0 Å². The van der Waals surface area contributed by atoms with Gasteiger partial charge in [0.15, 0.2) is 0 Å². The van der Waals surface area contributed by atoms with Crippen molar-refractivity contribution >= 4 is 43.5 Å². The van der Waals surface area contributed by atoms with E-state index in [0.29, 0.717) is 22.6 Å². The average Bonchev–Trinajstić information content (AvgIpc) is 3.00. The van der Waals surface area contributed by atoms with Gasteiger partial charge in [-0.25, -0.2) is 27.8 Å². The number of nitrogens with zero attached hydrogens (tertiary/aromatic N) is 3. The van der Waals surface area contributed by atoms with E-state index < -0.39 is 42.4 Å². The number of amides is 3. The maximum absolute atomic E-state index is 12.7. The van der Waals surface area contributed by atoms with Gasteiger partial charge in [0, 0.05) is 19.8 Å². The van der Waals surface area contributed by atoms with Crippen LogP contribution in [0, 0.1) is 0 Å². The van der Waals surface area contributed by atoms with Gasteiger partial charge in [-0.05, 0) is 42.0 Å². The molecule has 2 heterocycles. The molecule has 1 aliphatic heterocycles. The van der Waals surface area contributed by atoms with Crippen LogP contribution in [0.15, 0.2) is 47.5 Å². The van der Waals surface area contributed by atoms with Crippen LogP contribution < -0.4 is 14.3 Å². The maximum Gasteiger partial charge on any atom is 0.501 e. The zero-order valence-corrected chi connectivity index (χ0v) is 18.3. The van der Waals surface area contributed by atoms with Gasteiger partial charge < -0.3 is 4.90 Å². The molecule has 0 unspecified atom stereocenters. The molecule has 2 N–H and O–H groups in total. The molecule has 0 atom stereocenters. The van der Waals surface area contributed by atoms with Crippen LogP contribution in [0.4, 0.5) is 29.5 Å². The van der Waals surface area contributed by atoms with Crippen LogP contribution in [0.1, 0.15) is 5.56 Å². The second-order valence-electron chi connectivity index (χ2n) is 6.67. The van der Waals surface area contributed by atoms with Gasteiger partial charge in [-0.3, -0.25) is 9.52 Å². The molecule has 178 valence electrons. The van der Waals surface area contributed by atoms with E-state index in [9.17, 15) is 39.6 Å². The molecule has 3 amide bonds. The van der Waals surface area contributed by atoms with E-state index >= 15 is 0 Å². The summed E-state index contributed by atoms with van der Waals surface area (Å²) in [5, 5.41) is 0. The van der Waals surface area contributed by atoms with Gasteiger partial charge in [0.05, 0.1) is 10.6 Å². The summed E-state index contributed by atoms with van der Waals surface area (Å²) in [7, 11) is -8.20. The fourth-order valence-corrected chi connectivity index (χ4v) is 4.12. The van der Waals surface area contributed by atoms with E-state index in [0.717, 1.165) is 17.0 Å². The molecule has 1 aliphatic rings. The van der Waals surface area contributed by atoms with Crippen LogP contribution >= 0.6 is 0 Å². The number of halogens is 3. The third kappa shape index (κ3) is 5.07. The van der Waals surface area contributed by atoms with Crippen LogP contribution in [-0.2, 0) is 31.4 Å². The Hall–Kier alpha value is -3.24. The Labute approximate surface area is 186 Å². The first kappa shape index (κ1) is 24.4. The predicted octanol–water partition coefficient (Wildman–Crippen LogP) is 1.22. The zero-order valence-electron chi connectivity index (χ0n) is 16.7. The highest BCUT2D eigenvalue weighted by Gasteiger charge is 2.47. The number of sulfone groups is 1. The highest BCUT2D eigenvalue weighted by molar-refractivity contribution is 7.92. The SMILES string of the molecule is CNS(=O)(=O)Nc1cc(CN2CC(=O)N(c3ccc(S(=O)(=O)C(F)(F)F)cc3)C2=O)ccn1. The number of imide groups is 1. The van der Waals surface area contributed by atoms with E-state index in [-0.39, 0.29) is 24.6 Å². The molecule has 1 aromatic heterocycles. The second kappa shape index (κ2) is 8.60. The molecular formula is C17H16F3N5O6S2. The van der Waals surface area contributed by atoms with Crippen molar-refractivity contribution in [2.75, 3.05) is 23.2 Å². The van der Waals surface area contributed by atoms with Crippen molar-refractivity contribution in [3.8, 4) is 0 Å². The van der Waals surface area contributed by atoms with Crippen molar-refractivity contribution in [2.45, 2.75) is 16.9 Å². The van der Waals surface area contributed by atoms with E-state index in [2.05, 4.69) is 9.71 Å². The number of aromatic nitrogens is 1. The van der Waals surface area contributed by atoms with Crippen molar-refractivity contribution in [2.24, 2.45) is 0 Å². The standard InChI is InChI=1S/C17H16F3N5O6S2/c1-21-33(30,31)23-14-8-11(6-7-22-14)9-24-10-15(26)25(16(24)27)12-2-4-13(5-3-12)32(28,29)17(18,19)20/h2-8,21H,9-10H2,1H3,(H,22,23). The first-order valence-corrected chi connectivity index (χ1v) is 11.9. The summed E-state index contributed by atoms with van der Waals surface area (Å²) in [6, 6.07) is 5.22. The van der Waals surface area contributed by atoms with Gasteiger partial charge in [-0.2, -0.15) is 21.6 Å². The molecule has 33 heavy (non-hydrogen) atoms. The lowest BCUT2D eigenvalue weighted by Crippen LogP contribution is -2.33. The Bertz CT molecular complexity index is 1300. The molecular weight excluding hydrogens is 491 g/mol. The van der Waals surface area contributed by atoms with Crippen molar-refractivity contribution in [3.05, 3.63) is 48.2 Å². The van der Waals surface area contributed by atoms with E-state index in [1.807, 2.05) is 4.72 Å². The van der Waals surface area contributed by atoms with Gasteiger partial charge in [-0.15, -0.1) is 0 Å². The molecule has 2 aromatic rings. The number of hydrogen-bond acceptors (Lipinski definition) is 7. The molecule has 1 saturated heterocycles. The van der Waals surface area contributed by atoms with Crippen LogP contribution in [0.25, 0.3) is 0 Å². The largest absolute Gasteiger partial charge is 0.501 e. The molecule has 0 saturated carbocycles. The highest BCUT2D eigenvalue weighted by atomic mass is 32.2. The molecule has 0 radical (unpaired) electrons. The van der Waals surface area contributed by atoms with Crippen LogP contribution in [0.5, 0.6) is 0 Å². The molecule has 16 heteroatoms. The Morgan fingerprint density at radius 1 is 1.06 bits per heavy atom. The van der Waals surface area contributed by atoms with Gasteiger partial charge in [0.2, 0.25) is 0 Å². The maximum atomic E-state index is 12.7. The number of hydrogen-bond donors (Lipinski definition) is 2. The normalized spacial score (nSPS) is 15.3. The summed E-state index contributed by atoms with van der Waals surface area (Å²) >= 11 is 0. The average molecular weight is 507 g/mol. The van der Waals surface area contributed by atoms with E-state index in [1.165, 1.54) is 25.4 Å². The number of benzene rings is 1. The summed E-state index contributed by atoms with van der Waals surface area (Å²) in [6.07, 6.45) is 1.29. The Morgan fingerprint density at radius 2 is 1.70 bits per heavy atom. The molecule has 0 spiro atoms. The van der Waals surface area contributed by atoms with Crippen molar-refractivity contribution < 1.29 is 39.6 Å². The number of pyridine rings is 1. The molecule has 11 nitrogen and oxygen atoms in total. The Balaban J connectivity index is 1.78. The molecule has 3 rings (SSSR count). The van der Waals surface area contributed by atoms with Gasteiger partial charge >= 0.3 is 11.5 Å². The van der Waals surface area contributed by atoms with Gasteiger partial charge in [0.1, 0.15) is 12.4 Å². The third-order valence-corrected chi connectivity index (χ3v) is 6.97. The van der Waals surface area contributed by atoms with E-state index in [4.69, 9.17) is 0 Å². The zero-order chi connectivity index (χ0) is 24.6. The first-order valence-electron chi connectivity index (χ1n) is 8.94. The number of nitrogens with one attached hydrogen (secondary N) is 2.